The molecule has 0 saturated carbocycles. The van der Waals surface area contributed by atoms with Gasteiger partial charge in [0.25, 0.3) is 0 Å². The number of hydrogen-bond donors (Lipinski definition) is 2. The van der Waals surface area contributed by atoms with Crippen LogP contribution in [0.5, 0.6) is 11.6 Å². The van der Waals surface area contributed by atoms with Crippen molar-refractivity contribution in [2.75, 3.05) is 25.6 Å². The smallest absolute Gasteiger partial charge is 0.347 e. The molecule has 3 aromatic rings. The van der Waals surface area contributed by atoms with Gasteiger partial charge in [0.1, 0.15) is 12.4 Å². The summed E-state index contributed by atoms with van der Waals surface area (Å²) in [6.07, 6.45) is 3.31. The minimum atomic E-state index is -0.295. The number of hydrogen-bond acceptors (Lipinski definition) is 7. The Labute approximate surface area is 150 Å². The predicted octanol–water partition coefficient (Wildman–Crippen LogP) is 1.61. The molecular formula is C17H22N6O3. The lowest BCUT2D eigenvalue weighted by atomic mass is 9.93. The number of fused-ring (bicyclic) bond motifs is 1. The van der Waals surface area contributed by atoms with E-state index >= 15 is 0 Å². The van der Waals surface area contributed by atoms with Crippen LogP contribution in [0, 0.1) is 0 Å². The van der Waals surface area contributed by atoms with Gasteiger partial charge in [-0.3, -0.25) is 0 Å². The van der Waals surface area contributed by atoms with E-state index in [2.05, 4.69) is 25.5 Å². The van der Waals surface area contributed by atoms with Crippen molar-refractivity contribution in [3.8, 4) is 11.6 Å². The number of nitrogens with one attached hydrogen (secondary N) is 2. The number of rotatable bonds is 6. The van der Waals surface area contributed by atoms with E-state index in [0.717, 1.165) is 5.69 Å². The quantitative estimate of drug-likeness (QED) is 0.645. The van der Waals surface area contributed by atoms with Gasteiger partial charge in [-0.25, -0.2) is 24.3 Å². The highest BCUT2D eigenvalue weighted by Gasteiger charge is 2.19. The molecule has 138 valence electrons. The molecule has 3 rings (SSSR count). The molecule has 0 radical (unpaired) electrons. The van der Waals surface area contributed by atoms with E-state index in [1.165, 1.54) is 4.40 Å². The standard InChI is InChI=1S/C17H22N6O3/c1-17(2,3)12-10-23-15(21-22-16(23)24)14(20-12)18-7-8-26-11-5-6-13(25-4)19-9-11/h5-6,9-10H,7-8H2,1-4H3,(H,18,20)(H,22,24). The van der Waals surface area contributed by atoms with Gasteiger partial charge < -0.3 is 14.8 Å². The van der Waals surface area contributed by atoms with Crippen molar-refractivity contribution in [2.24, 2.45) is 0 Å². The molecule has 0 aromatic carbocycles. The predicted molar refractivity (Wildman–Crippen MR) is 97.1 cm³/mol. The van der Waals surface area contributed by atoms with Gasteiger partial charge in [0.2, 0.25) is 11.5 Å². The van der Waals surface area contributed by atoms with Crippen LogP contribution in [-0.4, -0.2) is 44.8 Å². The molecule has 0 unspecified atom stereocenters. The largest absolute Gasteiger partial charge is 0.490 e. The molecule has 9 heteroatoms. The van der Waals surface area contributed by atoms with E-state index in [-0.39, 0.29) is 11.1 Å². The number of aromatic nitrogens is 5. The third-order valence-corrected chi connectivity index (χ3v) is 3.75. The lowest BCUT2D eigenvalue weighted by molar-refractivity contribution is 0.328. The molecule has 0 atom stereocenters. The second kappa shape index (κ2) is 7.03. The SMILES string of the molecule is COc1ccc(OCCNc2nc(C(C)(C)C)cn3c(=O)[nH]nc23)cn1. The molecule has 2 N–H and O–H groups in total. The Hall–Kier alpha value is -3.10. The molecule has 0 fully saturated rings. The van der Waals surface area contributed by atoms with Crippen molar-refractivity contribution < 1.29 is 9.47 Å². The van der Waals surface area contributed by atoms with Crippen LogP contribution in [0.15, 0.2) is 29.3 Å². The molecule has 0 amide bonds. The van der Waals surface area contributed by atoms with E-state index in [1.807, 2.05) is 20.8 Å². The van der Waals surface area contributed by atoms with E-state index in [0.29, 0.717) is 36.2 Å². The summed E-state index contributed by atoms with van der Waals surface area (Å²) in [6.45, 7) is 7.00. The summed E-state index contributed by atoms with van der Waals surface area (Å²) in [4.78, 5) is 20.6. The van der Waals surface area contributed by atoms with Gasteiger partial charge in [-0.1, -0.05) is 20.8 Å². The Balaban J connectivity index is 1.70. The first-order valence-electron chi connectivity index (χ1n) is 8.23. The van der Waals surface area contributed by atoms with Crippen LogP contribution in [0.25, 0.3) is 5.65 Å². The van der Waals surface area contributed by atoms with E-state index in [1.54, 1.807) is 31.6 Å². The van der Waals surface area contributed by atoms with Crippen molar-refractivity contribution >= 4 is 11.5 Å². The van der Waals surface area contributed by atoms with Crippen molar-refractivity contribution in [3.63, 3.8) is 0 Å². The average Bonchev–Trinajstić information content (AvgIpc) is 3.00. The van der Waals surface area contributed by atoms with Gasteiger partial charge in [-0.15, -0.1) is 5.10 Å². The van der Waals surface area contributed by atoms with Crippen LogP contribution in [0.2, 0.25) is 0 Å². The maximum Gasteiger partial charge on any atom is 0.347 e. The van der Waals surface area contributed by atoms with Crippen molar-refractivity contribution in [3.05, 3.63) is 40.7 Å². The maximum absolute atomic E-state index is 11.9. The monoisotopic (exact) mass is 358 g/mol. The average molecular weight is 358 g/mol. The zero-order valence-electron chi connectivity index (χ0n) is 15.2. The van der Waals surface area contributed by atoms with Gasteiger partial charge in [0.05, 0.1) is 25.5 Å². The minimum absolute atomic E-state index is 0.202. The Kier molecular flexibility index (Phi) is 4.79. The number of pyridine rings is 1. The van der Waals surface area contributed by atoms with Gasteiger partial charge >= 0.3 is 5.69 Å². The van der Waals surface area contributed by atoms with Crippen molar-refractivity contribution in [1.29, 1.82) is 0 Å². The number of nitrogens with zero attached hydrogens (tertiary/aromatic N) is 4. The molecule has 3 heterocycles. The van der Waals surface area contributed by atoms with Crippen LogP contribution in [-0.2, 0) is 5.41 Å². The third kappa shape index (κ3) is 3.76. The Morgan fingerprint density at radius 3 is 2.77 bits per heavy atom. The van der Waals surface area contributed by atoms with Gasteiger partial charge in [0.15, 0.2) is 5.82 Å². The topological polar surface area (TPSA) is 106 Å². The lowest BCUT2D eigenvalue weighted by Crippen LogP contribution is -2.20. The fourth-order valence-electron chi connectivity index (χ4n) is 2.30. The summed E-state index contributed by atoms with van der Waals surface area (Å²) in [5, 5.41) is 9.66. The first kappa shape index (κ1) is 17.7. The molecule has 0 aliphatic carbocycles. The van der Waals surface area contributed by atoms with Crippen LogP contribution >= 0.6 is 0 Å². The van der Waals surface area contributed by atoms with E-state index in [4.69, 9.17) is 9.47 Å². The molecule has 9 nitrogen and oxygen atoms in total. The van der Waals surface area contributed by atoms with E-state index < -0.39 is 0 Å². The normalized spacial score (nSPS) is 11.5. The summed E-state index contributed by atoms with van der Waals surface area (Å²) in [5.41, 5.74) is 0.744. The molecule has 26 heavy (non-hydrogen) atoms. The van der Waals surface area contributed by atoms with Crippen molar-refractivity contribution in [1.82, 2.24) is 24.6 Å². The zero-order valence-corrected chi connectivity index (χ0v) is 15.2. The highest BCUT2D eigenvalue weighted by atomic mass is 16.5. The number of ether oxygens (including phenoxy) is 2. The van der Waals surface area contributed by atoms with Crippen LogP contribution < -0.4 is 20.5 Å². The molecule has 0 bridgehead atoms. The molecule has 0 saturated heterocycles. The summed E-state index contributed by atoms with van der Waals surface area (Å²) in [5.74, 6) is 1.71. The number of methoxy groups -OCH3 is 1. The molecular weight excluding hydrogens is 336 g/mol. The second-order valence-corrected chi connectivity index (χ2v) is 6.76. The van der Waals surface area contributed by atoms with Gasteiger partial charge in [0, 0.05) is 17.7 Å². The number of H-pyrrole nitrogens is 1. The zero-order chi connectivity index (χ0) is 18.7. The minimum Gasteiger partial charge on any atom is -0.490 e. The highest BCUT2D eigenvalue weighted by Crippen LogP contribution is 2.22. The summed E-state index contributed by atoms with van der Waals surface area (Å²) < 4.78 is 12.1. The van der Waals surface area contributed by atoms with Crippen LogP contribution in [0.1, 0.15) is 26.5 Å². The van der Waals surface area contributed by atoms with Gasteiger partial charge in [-0.2, -0.15) is 0 Å². The lowest BCUT2D eigenvalue weighted by Gasteiger charge is -2.19. The van der Waals surface area contributed by atoms with E-state index in [9.17, 15) is 4.79 Å². The highest BCUT2D eigenvalue weighted by molar-refractivity contribution is 5.62. The molecule has 0 spiro atoms. The Morgan fingerprint density at radius 2 is 2.12 bits per heavy atom. The third-order valence-electron chi connectivity index (χ3n) is 3.75. The fourth-order valence-corrected chi connectivity index (χ4v) is 2.30. The molecule has 3 aromatic heterocycles. The molecule has 0 aliphatic rings. The Bertz CT molecular complexity index is 940. The second-order valence-electron chi connectivity index (χ2n) is 6.76. The summed E-state index contributed by atoms with van der Waals surface area (Å²) >= 11 is 0. The Morgan fingerprint density at radius 1 is 1.31 bits per heavy atom. The van der Waals surface area contributed by atoms with Crippen LogP contribution in [0.4, 0.5) is 5.82 Å². The first-order valence-corrected chi connectivity index (χ1v) is 8.23. The first-order chi connectivity index (χ1) is 12.4. The van der Waals surface area contributed by atoms with Gasteiger partial charge in [-0.05, 0) is 6.07 Å². The number of anilines is 1. The fraction of sp³-hybridized carbons (Fsp3) is 0.412. The van der Waals surface area contributed by atoms with Crippen LogP contribution in [0.3, 0.4) is 0 Å². The maximum atomic E-state index is 11.9. The van der Waals surface area contributed by atoms with Crippen molar-refractivity contribution in [2.45, 2.75) is 26.2 Å². The molecule has 0 aliphatic heterocycles. The number of aromatic amines is 1. The summed E-state index contributed by atoms with van der Waals surface area (Å²) in [6, 6.07) is 3.52. The summed E-state index contributed by atoms with van der Waals surface area (Å²) in [7, 11) is 1.56.